The summed E-state index contributed by atoms with van der Waals surface area (Å²) < 4.78 is 22.4. The van der Waals surface area contributed by atoms with E-state index in [1.807, 2.05) is 22.9 Å². The van der Waals surface area contributed by atoms with Gasteiger partial charge in [-0.15, -0.1) is 0 Å². The monoisotopic (exact) mass is 479 g/mol. The number of aromatic nitrogens is 1. The van der Waals surface area contributed by atoms with Crippen LogP contribution in [0.15, 0.2) is 47.4 Å². The maximum atomic E-state index is 15.2. The van der Waals surface area contributed by atoms with Gasteiger partial charge in [0.05, 0.1) is 23.7 Å². The molecular weight excluding hydrogens is 445 g/mol. The number of ether oxygens (including phenoxy) is 1. The molecule has 0 bridgehead atoms. The quantitative estimate of drug-likeness (QED) is 0.411. The predicted octanol–water partition coefficient (Wildman–Crippen LogP) is 5.11. The minimum Gasteiger partial charge on any atom is -0.497 e. The molecule has 35 heavy (non-hydrogen) atoms. The van der Waals surface area contributed by atoms with Crippen LogP contribution in [0.25, 0.3) is 22.0 Å². The van der Waals surface area contributed by atoms with Crippen molar-refractivity contribution in [1.29, 1.82) is 0 Å². The summed E-state index contributed by atoms with van der Waals surface area (Å²) in [6.45, 7) is 5.04. The molecule has 7 heteroatoms. The van der Waals surface area contributed by atoms with Crippen molar-refractivity contribution in [2.45, 2.75) is 52.0 Å². The molecule has 4 rings (SSSR count). The Kier molecular flexibility index (Phi) is 8.06. The molecule has 0 saturated carbocycles. The third kappa shape index (κ3) is 5.50. The summed E-state index contributed by atoms with van der Waals surface area (Å²) in [4.78, 5) is 28.1. The minimum atomic E-state index is -0.519. The van der Waals surface area contributed by atoms with Crippen LogP contribution in [0.4, 0.5) is 10.1 Å². The molecule has 0 spiro atoms. The Morgan fingerprint density at radius 3 is 2.51 bits per heavy atom. The first kappa shape index (κ1) is 24.8. The van der Waals surface area contributed by atoms with E-state index in [9.17, 15) is 9.59 Å². The largest absolute Gasteiger partial charge is 0.497 e. The van der Waals surface area contributed by atoms with Crippen LogP contribution in [0.2, 0.25) is 0 Å². The molecule has 1 N–H and O–H groups in total. The molecule has 0 radical (unpaired) electrons. The van der Waals surface area contributed by atoms with Crippen molar-refractivity contribution in [2.24, 2.45) is 0 Å². The van der Waals surface area contributed by atoms with Gasteiger partial charge in [0.2, 0.25) is 5.91 Å². The summed E-state index contributed by atoms with van der Waals surface area (Å²) in [6.07, 6.45) is 6.93. The van der Waals surface area contributed by atoms with Gasteiger partial charge in [-0.3, -0.25) is 9.59 Å². The normalized spacial score (nSPS) is 13.4. The molecule has 6 nitrogen and oxygen atoms in total. The Labute approximate surface area is 205 Å². The summed E-state index contributed by atoms with van der Waals surface area (Å²) in [6, 6.07) is 10.4. The van der Waals surface area contributed by atoms with E-state index in [1.54, 1.807) is 25.3 Å². The van der Waals surface area contributed by atoms with Crippen molar-refractivity contribution in [1.82, 2.24) is 9.88 Å². The Hall–Kier alpha value is -3.35. The molecule has 1 aliphatic rings. The van der Waals surface area contributed by atoms with Crippen molar-refractivity contribution < 1.29 is 13.9 Å². The molecule has 1 aromatic heterocycles. The zero-order chi connectivity index (χ0) is 24.8. The number of aryl methyl sites for hydroxylation is 1. The van der Waals surface area contributed by atoms with Gasteiger partial charge in [0.25, 0.3) is 0 Å². The highest BCUT2D eigenvalue weighted by molar-refractivity contribution is 5.94. The van der Waals surface area contributed by atoms with Crippen LogP contribution in [-0.2, 0) is 11.3 Å². The number of amides is 1. The van der Waals surface area contributed by atoms with Crippen LogP contribution in [0.5, 0.6) is 5.75 Å². The van der Waals surface area contributed by atoms with Crippen LogP contribution in [0, 0.1) is 5.82 Å². The molecule has 1 fully saturated rings. The van der Waals surface area contributed by atoms with Crippen molar-refractivity contribution in [2.75, 3.05) is 31.6 Å². The highest BCUT2D eigenvalue weighted by Gasteiger charge is 2.22. The molecule has 2 heterocycles. The lowest BCUT2D eigenvalue weighted by atomic mass is 10.0. The number of anilines is 1. The van der Waals surface area contributed by atoms with Gasteiger partial charge in [-0.1, -0.05) is 25.5 Å². The number of nitrogens with zero attached hydrogens (tertiary/aromatic N) is 2. The first-order valence-corrected chi connectivity index (χ1v) is 12.5. The van der Waals surface area contributed by atoms with Crippen LogP contribution >= 0.6 is 0 Å². The first-order valence-electron chi connectivity index (χ1n) is 12.5. The summed E-state index contributed by atoms with van der Waals surface area (Å²) >= 11 is 0. The Balaban J connectivity index is 1.76. The summed E-state index contributed by atoms with van der Waals surface area (Å²) in [5.74, 6) is 0.186. The predicted molar refractivity (Wildman–Crippen MR) is 139 cm³/mol. The number of unbranched alkanes of at least 4 members (excludes halogenated alkanes) is 1. The van der Waals surface area contributed by atoms with Gasteiger partial charge in [-0.25, -0.2) is 4.39 Å². The van der Waals surface area contributed by atoms with E-state index in [0.29, 0.717) is 48.3 Å². The Bertz CT molecular complexity index is 1230. The fourth-order valence-corrected chi connectivity index (χ4v) is 4.74. The number of fused-ring (bicyclic) bond motifs is 1. The molecule has 1 saturated heterocycles. The van der Waals surface area contributed by atoms with Crippen molar-refractivity contribution in [3.8, 4) is 16.9 Å². The van der Waals surface area contributed by atoms with Crippen LogP contribution in [-0.4, -0.2) is 37.2 Å². The van der Waals surface area contributed by atoms with Crippen LogP contribution in [0.1, 0.15) is 45.4 Å². The maximum Gasteiger partial charge on any atom is 0.220 e. The summed E-state index contributed by atoms with van der Waals surface area (Å²) in [5.41, 5.74) is 2.31. The number of halogens is 1. The summed E-state index contributed by atoms with van der Waals surface area (Å²) in [5, 5.41) is 3.06. The van der Waals surface area contributed by atoms with Crippen molar-refractivity contribution >= 4 is 22.5 Å². The number of methoxy groups -OCH3 is 1. The molecular formula is C28H34FN3O3. The Morgan fingerprint density at radius 1 is 1.09 bits per heavy atom. The van der Waals surface area contributed by atoms with E-state index < -0.39 is 5.82 Å². The standard InChI is InChI=1S/C28H34FN3O3/c1-3-4-15-30-25(33)8-7-18-32-19-22(20-9-11-21(35-2)12-10-20)28(34)26-23(29)13-14-24(27(26)32)31-16-5-6-17-31/h9-14,19H,3-8,15-18H2,1-2H3,(H,30,33). The molecule has 1 amide bonds. The van der Waals surface area contributed by atoms with Crippen LogP contribution in [0.3, 0.4) is 0 Å². The fraction of sp³-hybridized carbons (Fsp3) is 0.429. The van der Waals surface area contributed by atoms with Crippen molar-refractivity contribution in [3.05, 3.63) is 58.6 Å². The molecule has 0 atom stereocenters. The number of benzene rings is 2. The minimum absolute atomic E-state index is 0.0186. The van der Waals surface area contributed by atoms with Gasteiger partial charge in [-0.2, -0.15) is 0 Å². The second kappa shape index (κ2) is 11.4. The van der Waals surface area contributed by atoms with E-state index in [2.05, 4.69) is 17.1 Å². The number of carbonyl (C=O) groups excluding carboxylic acids is 1. The lowest BCUT2D eigenvalue weighted by molar-refractivity contribution is -0.121. The fourth-order valence-electron chi connectivity index (χ4n) is 4.74. The Morgan fingerprint density at radius 2 is 1.83 bits per heavy atom. The lowest BCUT2D eigenvalue weighted by Crippen LogP contribution is -2.25. The SMILES string of the molecule is CCCCNC(=O)CCCn1cc(-c2ccc(OC)cc2)c(=O)c2c(F)ccc(N3CCCC3)c21. The van der Waals surface area contributed by atoms with Crippen LogP contribution < -0.4 is 20.4 Å². The third-order valence-corrected chi connectivity index (χ3v) is 6.65. The number of hydrogen-bond acceptors (Lipinski definition) is 4. The van der Waals surface area contributed by atoms with Gasteiger partial charge < -0.3 is 19.5 Å². The smallest absolute Gasteiger partial charge is 0.220 e. The zero-order valence-corrected chi connectivity index (χ0v) is 20.6. The first-order chi connectivity index (χ1) is 17.0. The van der Waals surface area contributed by atoms with Gasteiger partial charge in [0, 0.05) is 44.4 Å². The van der Waals surface area contributed by atoms with E-state index in [-0.39, 0.29) is 16.7 Å². The van der Waals surface area contributed by atoms with E-state index in [0.717, 1.165) is 44.5 Å². The van der Waals surface area contributed by atoms with Gasteiger partial charge in [0.15, 0.2) is 5.43 Å². The second-order valence-electron chi connectivity index (χ2n) is 9.09. The number of pyridine rings is 1. The van der Waals surface area contributed by atoms with Crippen molar-refractivity contribution in [3.63, 3.8) is 0 Å². The van der Waals surface area contributed by atoms with Gasteiger partial charge in [-0.05, 0) is 55.5 Å². The molecule has 0 aliphatic carbocycles. The topological polar surface area (TPSA) is 63.6 Å². The number of rotatable bonds is 10. The highest BCUT2D eigenvalue weighted by Crippen LogP contribution is 2.32. The molecule has 1 aliphatic heterocycles. The maximum absolute atomic E-state index is 15.2. The molecule has 186 valence electrons. The molecule has 2 aromatic carbocycles. The lowest BCUT2D eigenvalue weighted by Gasteiger charge is -2.23. The molecule has 3 aromatic rings. The number of nitrogens with one attached hydrogen (secondary N) is 1. The highest BCUT2D eigenvalue weighted by atomic mass is 19.1. The van der Waals surface area contributed by atoms with Gasteiger partial charge >= 0.3 is 0 Å². The third-order valence-electron chi connectivity index (χ3n) is 6.65. The van der Waals surface area contributed by atoms with E-state index in [1.165, 1.54) is 6.07 Å². The second-order valence-corrected chi connectivity index (χ2v) is 9.09. The van der Waals surface area contributed by atoms with E-state index >= 15 is 4.39 Å². The number of carbonyl (C=O) groups is 1. The van der Waals surface area contributed by atoms with Gasteiger partial charge in [0.1, 0.15) is 11.6 Å². The van der Waals surface area contributed by atoms with E-state index in [4.69, 9.17) is 4.74 Å². The average molecular weight is 480 g/mol. The zero-order valence-electron chi connectivity index (χ0n) is 20.6. The average Bonchev–Trinajstić information content (AvgIpc) is 3.40. The molecule has 0 unspecified atom stereocenters. The summed E-state index contributed by atoms with van der Waals surface area (Å²) in [7, 11) is 1.59. The number of hydrogen-bond donors (Lipinski definition) is 1.